The highest BCUT2D eigenvalue weighted by Crippen LogP contribution is 2.45. The lowest BCUT2D eigenvalue weighted by atomic mass is 9.85. The van der Waals surface area contributed by atoms with Gasteiger partial charge >= 0.3 is 12.1 Å². The number of para-hydroxylation sites is 1. The van der Waals surface area contributed by atoms with Crippen molar-refractivity contribution in [3.8, 4) is 11.5 Å². The number of rotatable bonds is 10. The van der Waals surface area contributed by atoms with Gasteiger partial charge in [-0.3, -0.25) is 9.59 Å². The van der Waals surface area contributed by atoms with Crippen molar-refractivity contribution in [3.05, 3.63) is 66.7 Å². The van der Waals surface area contributed by atoms with Crippen LogP contribution < -0.4 is 25.0 Å². The van der Waals surface area contributed by atoms with Crippen LogP contribution >= 0.6 is 0 Å². The molecule has 3 N–H and O–H groups in total. The fraction of sp³-hybridized carbons (Fsp3) is 0.475. The van der Waals surface area contributed by atoms with Crippen LogP contribution in [0.1, 0.15) is 59.9 Å². The maximum Gasteiger partial charge on any atom is 0.408 e. The van der Waals surface area contributed by atoms with Gasteiger partial charge in [-0.2, -0.15) is 0 Å². The summed E-state index contributed by atoms with van der Waals surface area (Å²) in [5.41, 5.74) is -0.201. The van der Waals surface area contributed by atoms with Crippen molar-refractivity contribution in [2.75, 3.05) is 25.1 Å². The van der Waals surface area contributed by atoms with Gasteiger partial charge < -0.3 is 39.8 Å². The highest BCUT2D eigenvalue weighted by Gasteiger charge is 2.61. The van der Waals surface area contributed by atoms with Gasteiger partial charge in [-0.25, -0.2) is 14.6 Å². The zero-order chi connectivity index (χ0) is 38.5. The molecule has 3 aromatic rings. The van der Waals surface area contributed by atoms with Gasteiger partial charge in [0.15, 0.2) is 0 Å². The Morgan fingerprint density at radius 2 is 1.81 bits per heavy atom. The number of alkyl carbamates (subject to hydrolysis) is 1. The number of hydrogen-bond donors (Lipinski definition) is 3. The largest absolute Gasteiger partial charge is 0.497 e. The molecule has 3 aliphatic rings. The summed E-state index contributed by atoms with van der Waals surface area (Å²) in [7, 11) is 1.59. The zero-order valence-corrected chi connectivity index (χ0v) is 31.4. The number of carboxylic acids is 1. The number of fused-ring (bicyclic) bond motifs is 2. The molecule has 3 heterocycles. The normalized spacial score (nSPS) is 22.8. The number of nitrogens with one attached hydrogen (secondary N) is 2. The van der Waals surface area contributed by atoms with E-state index in [4.69, 9.17) is 19.2 Å². The van der Waals surface area contributed by atoms with Crippen molar-refractivity contribution in [1.82, 2.24) is 20.5 Å². The molecule has 1 aromatic heterocycles. The van der Waals surface area contributed by atoms with Gasteiger partial charge in [0.25, 0.3) is 0 Å². The summed E-state index contributed by atoms with van der Waals surface area (Å²) in [5, 5.41) is 16.2. The van der Waals surface area contributed by atoms with Crippen LogP contribution in [-0.4, -0.2) is 88.4 Å². The highest BCUT2D eigenvalue weighted by atomic mass is 16.6. The van der Waals surface area contributed by atoms with E-state index in [1.165, 1.54) is 16.5 Å². The minimum atomic E-state index is -1.51. The third-order valence-electron chi connectivity index (χ3n) is 10.1. The molecule has 3 amide bonds. The molecule has 6 rings (SSSR count). The van der Waals surface area contributed by atoms with Crippen LogP contribution in [0.4, 0.5) is 16.3 Å². The van der Waals surface area contributed by atoms with E-state index in [0.29, 0.717) is 28.2 Å². The van der Waals surface area contributed by atoms with Crippen molar-refractivity contribution in [3.63, 3.8) is 0 Å². The van der Waals surface area contributed by atoms with Crippen molar-refractivity contribution < 1.29 is 38.5 Å². The molecule has 0 radical (unpaired) electrons. The Balaban J connectivity index is 1.35. The lowest BCUT2D eigenvalue weighted by molar-refractivity contribution is -0.146. The number of pyridine rings is 1. The Bertz CT molecular complexity index is 1950. The summed E-state index contributed by atoms with van der Waals surface area (Å²) in [4.78, 5) is 62.4. The van der Waals surface area contributed by atoms with Gasteiger partial charge in [-0.05, 0) is 62.8 Å². The second kappa shape index (κ2) is 13.9. The predicted molar refractivity (Wildman–Crippen MR) is 199 cm³/mol. The molecule has 5 atom stereocenters. The van der Waals surface area contributed by atoms with Gasteiger partial charge in [0, 0.05) is 42.1 Å². The van der Waals surface area contributed by atoms with Crippen molar-refractivity contribution in [2.24, 2.45) is 11.3 Å². The summed E-state index contributed by atoms with van der Waals surface area (Å²) < 4.78 is 17.7. The number of carbonyl (C=O) groups is 4. The number of aromatic nitrogens is 1. The van der Waals surface area contributed by atoms with Crippen LogP contribution in [0.3, 0.4) is 0 Å². The average molecular weight is 728 g/mol. The summed E-state index contributed by atoms with van der Waals surface area (Å²) in [6, 6.07) is 13.4. The molecule has 1 aliphatic carbocycles. The number of anilines is 2. The molecule has 1 saturated carbocycles. The smallest absolute Gasteiger partial charge is 0.408 e. The van der Waals surface area contributed by atoms with E-state index in [2.05, 4.69) is 34.2 Å². The summed E-state index contributed by atoms with van der Waals surface area (Å²) in [6.07, 6.45) is 1.17. The van der Waals surface area contributed by atoms with Crippen LogP contribution in [-0.2, 0) is 25.5 Å². The zero-order valence-electron chi connectivity index (χ0n) is 31.4. The van der Waals surface area contributed by atoms with Crippen LogP contribution in [0.5, 0.6) is 11.5 Å². The fourth-order valence-electron chi connectivity index (χ4n) is 7.22. The second-order valence-corrected chi connectivity index (χ2v) is 16.1. The van der Waals surface area contributed by atoms with Crippen LogP contribution in [0.25, 0.3) is 10.9 Å². The summed E-state index contributed by atoms with van der Waals surface area (Å²) in [5.74, 6) is -0.965. The Morgan fingerprint density at radius 1 is 1.08 bits per heavy atom. The third-order valence-corrected chi connectivity index (χ3v) is 10.1. The van der Waals surface area contributed by atoms with E-state index in [1.807, 2.05) is 36.4 Å². The SMILES string of the molecule is C=C[C@H]1CC1(NC(=O)[C@@H]1C[C@@H](Oc2cc(N3CCc4ccccc43)nc3cc(OC)ccc23)CN1C(=O)[C@@H](NC(=O)OC(C)(C)C)C(C)(C)C)C(=O)O. The number of aliphatic carboxylic acids is 1. The quantitative estimate of drug-likeness (QED) is 0.232. The Labute approximate surface area is 309 Å². The molecular weight excluding hydrogens is 678 g/mol. The van der Waals surface area contributed by atoms with Crippen LogP contribution in [0, 0.1) is 11.3 Å². The first kappa shape index (κ1) is 37.4. The Kier molecular flexibility index (Phi) is 9.82. The maximum absolute atomic E-state index is 14.5. The number of hydrogen-bond acceptors (Lipinski definition) is 9. The number of amides is 3. The molecule has 2 fully saturated rings. The molecule has 13 heteroatoms. The third kappa shape index (κ3) is 7.60. The predicted octanol–water partition coefficient (Wildman–Crippen LogP) is 5.37. The van der Waals surface area contributed by atoms with Gasteiger partial charge in [0.2, 0.25) is 11.8 Å². The first-order valence-corrected chi connectivity index (χ1v) is 17.9. The number of benzene rings is 2. The molecule has 53 heavy (non-hydrogen) atoms. The molecule has 2 aromatic carbocycles. The highest BCUT2D eigenvalue weighted by molar-refractivity contribution is 5.96. The van der Waals surface area contributed by atoms with Gasteiger partial charge in [0.1, 0.15) is 46.6 Å². The number of nitrogens with zero attached hydrogens (tertiary/aromatic N) is 3. The number of methoxy groups -OCH3 is 1. The molecule has 2 aliphatic heterocycles. The van der Waals surface area contributed by atoms with Gasteiger partial charge in [0.05, 0.1) is 19.2 Å². The van der Waals surface area contributed by atoms with E-state index in [0.717, 1.165) is 18.7 Å². The molecule has 1 saturated heterocycles. The average Bonchev–Trinajstić information content (AvgIpc) is 3.40. The van der Waals surface area contributed by atoms with Crippen molar-refractivity contribution in [2.45, 2.75) is 90.1 Å². The van der Waals surface area contributed by atoms with Crippen molar-refractivity contribution >= 4 is 46.3 Å². The monoisotopic (exact) mass is 727 g/mol. The minimum Gasteiger partial charge on any atom is -0.497 e. The van der Waals surface area contributed by atoms with E-state index in [-0.39, 0.29) is 19.4 Å². The molecule has 0 spiro atoms. The number of carboxylic acid groups (broad SMARTS) is 1. The topological polar surface area (TPSA) is 160 Å². The van der Waals surface area contributed by atoms with Gasteiger partial charge in [-0.15, -0.1) is 6.58 Å². The van der Waals surface area contributed by atoms with Crippen molar-refractivity contribution in [1.29, 1.82) is 0 Å². The van der Waals surface area contributed by atoms with Crippen LogP contribution in [0.15, 0.2) is 61.2 Å². The Hall–Kier alpha value is -5.33. The van der Waals surface area contributed by atoms with E-state index < -0.39 is 64.5 Å². The molecule has 0 bridgehead atoms. The molecule has 1 unspecified atom stereocenters. The lowest BCUT2D eigenvalue weighted by Crippen LogP contribution is -2.59. The van der Waals surface area contributed by atoms with Crippen LogP contribution in [0.2, 0.25) is 0 Å². The maximum atomic E-state index is 14.5. The van der Waals surface area contributed by atoms with E-state index in [1.54, 1.807) is 48.7 Å². The van der Waals surface area contributed by atoms with E-state index in [9.17, 15) is 24.3 Å². The molecule has 13 nitrogen and oxygen atoms in total. The fourth-order valence-corrected chi connectivity index (χ4v) is 7.22. The second-order valence-electron chi connectivity index (χ2n) is 16.1. The minimum absolute atomic E-state index is 0.00763. The van der Waals surface area contributed by atoms with E-state index >= 15 is 0 Å². The molecule has 282 valence electrons. The Morgan fingerprint density at radius 3 is 2.45 bits per heavy atom. The first-order chi connectivity index (χ1) is 24.9. The number of carbonyl (C=O) groups excluding carboxylic acids is 3. The van der Waals surface area contributed by atoms with Gasteiger partial charge in [-0.1, -0.05) is 45.0 Å². The summed E-state index contributed by atoms with van der Waals surface area (Å²) in [6.45, 7) is 15.0. The number of likely N-dealkylation sites (tertiary alicyclic amines) is 1. The first-order valence-electron chi connectivity index (χ1n) is 17.9. The standard InChI is InChI=1S/C40H49N5O8/c1-9-24-21-40(24,36(48)49)43-34(46)30-19-26(22-45(30)35(47)33(38(2,3)4)42-37(50)53-39(5,6)7)52-31-20-32(41-28-18-25(51-8)14-15-27(28)31)44-17-16-23-12-10-11-13-29(23)44/h9-15,18,20,24,26,30,33H,1,16-17,19,21-22H2,2-8H3,(H,42,50)(H,43,46)(H,48,49)/t24-,26+,30-,33+,40?/m0/s1. The number of ether oxygens (including phenoxy) is 3. The lowest BCUT2D eigenvalue weighted by Gasteiger charge is -2.35. The summed E-state index contributed by atoms with van der Waals surface area (Å²) >= 11 is 0. The molecular formula is C40H49N5O8.